The molecule has 1 unspecified atom stereocenters. The van der Waals surface area contributed by atoms with Crippen molar-refractivity contribution in [1.82, 2.24) is 15.2 Å². The summed E-state index contributed by atoms with van der Waals surface area (Å²) in [5.41, 5.74) is 2.71. The SMILES string of the molecule is CCOc1ccc(C(C(=O)NC2CCCCC2)N(Cc2cccs2)C(=O)Cc2c[nH]c3ccccc23)cc1. The molecule has 2 aromatic carbocycles. The molecule has 7 heteroatoms. The average molecular weight is 530 g/mol. The van der Waals surface area contributed by atoms with E-state index in [1.807, 2.05) is 79.2 Å². The standard InChI is InChI=1S/C31H35N3O3S/c1-2-37-25-16-14-22(15-17-25)30(31(36)33-24-9-4-3-5-10-24)34(21-26-11-8-18-38-26)29(35)19-23-20-32-28-13-7-6-12-27(23)28/h6-8,11-18,20,24,30,32H,2-5,9-10,19,21H2,1H3,(H,33,36). The van der Waals surface area contributed by atoms with Crippen LogP contribution < -0.4 is 10.1 Å². The summed E-state index contributed by atoms with van der Waals surface area (Å²) in [6.45, 7) is 2.88. The van der Waals surface area contributed by atoms with Crippen LogP contribution in [-0.4, -0.2) is 34.3 Å². The average Bonchev–Trinajstić information content (AvgIpc) is 3.60. The highest BCUT2D eigenvalue weighted by atomic mass is 32.1. The maximum atomic E-state index is 14.1. The van der Waals surface area contributed by atoms with Crippen LogP contribution in [0, 0.1) is 0 Å². The van der Waals surface area contributed by atoms with E-state index in [2.05, 4.69) is 10.3 Å². The van der Waals surface area contributed by atoms with E-state index in [1.165, 1.54) is 6.42 Å². The third-order valence-electron chi connectivity index (χ3n) is 7.26. The fourth-order valence-corrected chi connectivity index (χ4v) is 6.05. The molecular formula is C31H35N3O3S. The second-order valence-corrected chi connectivity index (χ2v) is 10.9. The molecule has 1 saturated carbocycles. The molecule has 4 aromatic rings. The van der Waals surface area contributed by atoms with Crippen LogP contribution in [-0.2, 0) is 22.6 Å². The lowest BCUT2D eigenvalue weighted by molar-refractivity contribution is -0.141. The topological polar surface area (TPSA) is 74.4 Å². The number of aromatic amines is 1. The minimum absolute atomic E-state index is 0.0826. The quantitative estimate of drug-likeness (QED) is 0.250. The number of hydrogen-bond acceptors (Lipinski definition) is 4. The molecular weight excluding hydrogens is 494 g/mol. The summed E-state index contributed by atoms with van der Waals surface area (Å²) in [6.07, 6.45) is 7.53. The molecule has 0 bridgehead atoms. The Morgan fingerprint density at radius 2 is 1.84 bits per heavy atom. The molecule has 1 atom stereocenters. The molecule has 1 aliphatic rings. The number of H-pyrrole nitrogens is 1. The maximum Gasteiger partial charge on any atom is 0.247 e. The lowest BCUT2D eigenvalue weighted by atomic mass is 9.94. The Hall–Kier alpha value is -3.58. The Labute approximate surface area is 228 Å². The number of rotatable bonds is 10. The lowest BCUT2D eigenvalue weighted by Gasteiger charge is -2.33. The van der Waals surface area contributed by atoms with Crippen molar-refractivity contribution in [1.29, 1.82) is 0 Å². The third kappa shape index (κ3) is 6.10. The van der Waals surface area contributed by atoms with Crippen molar-refractivity contribution in [3.63, 3.8) is 0 Å². The number of thiophene rings is 1. The molecule has 0 aliphatic heterocycles. The van der Waals surface area contributed by atoms with E-state index in [-0.39, 0.29) is 24.3 Å². The number of para-hydroxylation sites is 1. The van der Waals surface area contributed by atoms with Gasteiger partial charge < -0.3 is 19.9 Å². The second-order valence-electron chi connectivity index (χ2n) is 9.89. The summed E-state index contributed by atoms with van der Waals surface area (Å²) in [5, 5.41) is 6.33. The highest BCUT2D eigenvalue weighted by Gasteiger charge is 2.33. The van der Waals surface area contributed by atoms with Gasteiger partial charge in [-0.3, -0.25) is 9.59 Å². The van der Waals surface area contributed by atoms with Gasteiger partial charge in [0.15, 0.2) is 0 Å². The first kappa shape index (κ1) is 26.0. The molecule has 2 aromatic heterocycles. The van der Waals surface area contributed by atoms with Crippen molar-refractivity contribution in [2.45, 2.75) is 64.1 Å². The summed E-state index contributed by atoms with van der Waals surface area (Å²) in [4.78, 5) is 34.1. The van der Waals surface area contributed by atoms with E-state index >= 15 is 0 Å². The number of nitrogens with zero attached hydrogens (tertiary/aromatic N) is 1. The number of fused-ring (bicyclic) bond motifs is 1. The van der Waals surface area contributed by atoms with Gasteiger partial charge in [0.25, 0.3) is 0 Å². The summed E-state index contributed by atoms with van der Waals surface area (Å²) in [5.74, 6) is 0.545. The van der Waals surface area contributed by atoms with E-state index < -0.39 is 6.04 Å². The van der Waals surface area contributed by atoms with Crippen molar-refractivity contribution in [3.8, 4) is 5.75 Å². The molecule has 0 radical (unpaired) electrons. The van der Waals surface area contributed by atoms with Crippen molar-refractivity contribution in [3.05, 3.63) is 88.2 Å². The predicted molar refractivity (Wildman–Crippen MR) is 152 cm³/mol. The Morgan fingerprint density at radius 1 is 1.05 bits per heavy atom. The highest BCUT2D eigenvalue weighted by Crippen LogP contribution is 2.29. The number of carbonyl (C=O) groups is 2. The van der Waals surface area contributed by atoms with Crippen LogP contribution in [0.3, 0.4) is 0 Å². The van der Waals surface area contributed by atoms with Crippen LogP contribution in [0.5, 0.6) is 5.75 Å². The van der Waals surface area contributed by atoms with Crippen LogP contribution in [0.4, 0.5) is 0 Å². The first-order chi connectivity index (χ1) is 18.6. The van der Waals surface area contributed by atoms with E-state index in [1.54, 1.807) is 16.2 Å². The van der Waals surface area contributed by atoms with E-state index in [0.717, 1.165) is 58.3 Å². The third-order valence-corrected chi connectivity index (χ3v) is 8.12. The fraction of sp³-hybridized carbons (Fsp3) is 0.355. The first-order valence-electron chi connectivity index (χ1n) is 13.5. The summed E-state index contributed by atoms with van der Waals surface area (Å²) >= 11 is 1.60. The summed E-state index contributed by atoms with van der Waals surface area (Å²) in [6, 6.07) is 19.0. The van der Waals surface area contributed by atoms with Crippen LogP contribution in [0.15, 0.2) is 72.2 Å². The van der Waals surface area contributed by atoms with Crippen LogP contribution >= 0.6 is 11.3 Å². The molecule has 2 amide bonds. The predicted octanol–water partition coefficient (Wildman–Crippen LogP) is 6.39. The number of nitrogens with one attached hydrogen (secondary N) is 2. The van der Waals surface area contributed by atoms with Gasteiger partial charge in [-0.15, -0.1) is 11.3 Å². The van der Waals surface area contributed by atoms with Gasteiger partial charge in [-0.05, 0) is 60.5 Å². The minimum Gasteiger partial charge on any atom is -0.494 e. The second kappa shape index (κ2) is 12.3. The molecule has 6 nitrogen and oxygen atoms in total. The van der Waals surface area contributed by atoms with Gasteiger partial charge in [0.2, 0.25) is 11.8 Å². The van der Waals surface area contributed by atoms with Gasteiger partial charge in [0.05, 0.1) is 19.6 Å². The fourth-order valence-electron chi connectivity index (χ4n) is 5.35. The van der Waals surface area contributed by atoms with Gasteiger partial charge in [-0.25, -0.2) is 0 Å². The molecule has 38 heavy (non-hydrogen) atoms. The van der Waals surface area contributed by atoms with E-state index in [0.29, 0.717) is 13.2 Å². The highest BCUT2D eigenvalue weighted by molar-refractivity contribution is 7.09. The summed E-state index contributed by atoms with van der Waals surface area (Å²) < 4.78 is 5.64. The zero-order valence-electron chi connectivity index (χ0n) is 21.8. The Morgan fingerprint density at radius 3 is 2.58 bits per heavy atom. The molecule has 1 fully saturated rings. The van der Waals surface area contributed by atoms with Crippen LogP contribution in [0.1, 0.15) is 61.1 Å². The maximum absolute atomic E-state index is 14.1. The number of aromatic nitrogens is 1. The minimum atomic E-state index is -0.743. The van der Waals surface area contributed by atoms with Gasteiger partial charge >= 0.3 is 0 Å². The lowest BCUT2D eigenvalue weighted by Crippen LogP contribution is -2.47. The molecule has 1 aliphatic carbocycles. The van der Waals surface area contributed by atoms with Crippen LogP contribution in [0.25, 0.3) is 10.9 Å². The zero-order chi connectivity index (χ0) is 26.3. The van der Waals surface area contributed by atoms with Gasteiger partial charge in [-0.2, -0.15) is 0 Å². The molecule has 5 rings (SSSR count). The number of ether oxygens (including phenoxy) is 1. The summed E-state index contributed by atoms with van der Waals surface area (Å²) in [7, 11) is 0. The smallest absolute Gasteiger partial charge is 0.247 e. The molecule has 2 heterocycles. The van der Waals surface area contributed by atoms with Crippen molar-refractivity contribution in [2.24, 2.45) is 0 Å². The van der Waals surface area contributed by atoms with E-state index in [4.69, 9.17) is 4.74 Å². The monoisotopic (exact) mass is 529 g/mol. The van der Waals surface area contributed by atoms with Crippen LogP contribution in [0.2, 0.25) is 0 Å². The number of amides is 2. The first-order valence-corrected chi connectivity index (χ1v) is 14.4. The van der Waals surface area contributed by atoms with Crippen molar-refractivity contribution in [2.75, 3.05) is 6.61 Å². The number of hydrogen-bond donors (Lipinski definition) is 2. The molecule has 2 N–H and O–H groups in total. The Kier molecular flexibility index (Phi) is 8.44. The largest absolute Gasteiger partial charge is 0.494 e. The molecule has 0 spiro atoms. The van der Waals surface area contributed by atoms with Crippen molar-refractivity contribution < 1.29 is 14.3 Å². The van der Waals surface area contributed by atoms with Gasteiger partial charge in [0, 0.05) is 28.0 Å². The number of carbonyl (C=O) groups excluding carboxylic acids is 2. The zero-order valence-corrected chi connectivity index (χ0v) is 22.6. The van der Waals surface area contributed by atoms with Gasteiger partial charge in [-0.1, -0.05) is 55.7 Å². The Bertz CT molecular complexity index is 1340. The molecule has 0 saturated heterocycles. The van der Waals surface area contributed by atoms with E-state index in [9.17, 15) is 9.59 Å². The number of benzene rings is 2. The van der Waals surface area contributed by atoms with Crippen molar-refractivity contribution >= 4 is 34.1 Å². The Balaban J connectivity index is 1.49. The molecule has 198 valence electrons. The normalized spacial score (nSPS) is 14.8. The van der Waals surface area contributed by atoms with Gasteiger partial charge in [0.1, 0.15) is 11.8 Å².